The van der Waals surface area contributed by atoms with Gasteiger partial charge in [0.05, 0.1) is 19.2 Å². The minimum Gasteiger partial charge on any atom is -0.858 e. The Balaban J connectivity index is 0.00000164. The van der Waals surface area contributed by atoms with Crippen molar-refractivity contribution in [3.63, 3.8) is 0 Å². The van der Waals surface area contributed by atoms with E-state index in [1.165, 1.54) is 0 Å². The predicted molar refractivity (Wildman–Crippen MR) is 89.9 cm³/mol. The van der Waals surface area contributed by atoms with Crippen LogP contribution in [0.4, 0.5) is 17.3 Å². The Bertz CT molecular complexity index is 711. The number of carbonyl (C=O) groups excluding carboxylic acids is 1. The summed E-state index contributed by atoms with van der Waals surface area (Å²) in [5.41, 5.74) is 1.22. The van der Waals surface area contributed by atoms with E-state index in [4.69, 9.17) is 4.74 Å². The average molecular weight is 390 g/mol. The molecule has 1 aromatic carbocycles. The molecule has 1 saturated heterocycles. The number of hydrogen-bond donors (Lipinski definition) is 1. The maximum Gasteiger partial charge on any atom is 1.00 e. The van der Waals surface area contributed by atoms with E-state index in [1.807, 2.05) is 38.1 Å². The van der Waals surface area contributed by atoms with Crippen LogP contribution in [0.2, 0.25) is 0 Å². The normalized spacial score (nSPS) is 12.6. The fourth-order valence-corrected chi connectivity index (χ4v) is 2.27. The van der Waals surface area contributed by atoms with Gasteiger partial charge < -0.3 is 30.0 Å². The molecule has 0 saturated carbocycles. The topological polar surface area (TPSA) is 113 Å². The maximum absolute atomic E-state index is 11.5. The van der Waals surface area contributed by atoms with Crippen LogP contribution in [0, 0.1) is 0 Å². The molecule has 0 spiro atoms. The number of nitrogens with zero attached hydrogens (tertiary/aromatic N) is 3. The van der Waals surface area contributed by atoms with Crippen LogP contribution in [-0.2, 0) is 4.74 Å². The van der Waals surface area contributed by atoms with Crippen LogP contribution < -0.4 is 79.5 Å². The number of ether oxygens (including phenoxy) is 1. The molecular weight excluding hydrogens is 370 g/mol. The van der Waals surface area contributed by atoms with Crippen molar-refractivity contribution in [1.29, 1.82) is 0 Å². The van der Waals surface area contributed by atoms with Crippen LogP contribution >= 0.6 is 0 Å². The Morgan fingerprint density at radius 1 is 1.15 bits per heavy atom. The Morgan fingerprint density at radius 2 is 1.74 bits per heavy atom. The van der Waals surface area contributed by atoms with Crippen LogP contribution in [0.3, 0.4) is 0 Å². The summed E-state index contributed by atoms with van der Waals surface area (Å²) in [4.78, 5) is 20.2. The molecule has 0 bridgehead atoms. The van der Waals surface area contributed by atoms with E-state index in [9.17, 15) is 15.0 Å². The number of carboxylic acids is 1. The number of nitrogens with one attached hydrogen (secondary N) is 1. The summed E-state index contributed by atoms with van der Waals surface area (Å²) in [7, 11) is 0. The molecule has 0 aliphatic carbocycles. The molecule has 0 radical (unpaired) electrons. The minimum atomic E-state index is -1.59. The molecule has 0 atom stereocenters. The monoisotopic (exact) mass is 390 g/mol. The molecule has 10 heteroatoms. The molecule has 1 N–H and O–H groups in total. The molecule has 134 valence electrons. The Kier molecular flexibility index (Phi) is 12.9. The Morgan fingerprint density at radius 3 is 2.26 bits per heavy atom. The number of aromatic carboxylic acids is 1. The number of carbonyl (C=O) groups is 1. The zero-order valence-corrected chi connectivity index (χ0v) is 20.2. The van der Waals surface area contributed by atoms with Crippen molar-refractivity contribution < 1.29 is 78.9 Å². The third-order valence-electron chi connectivity index (χ3n) is 3.47. The second-order valence-electron chi connectivity index (χ2n) is 4.97. The van der Waals surface area contributed by atoms with Gasteiger partial charge in [-0.1, -0.05) is 13.8 Å². The zero-order chi connectivity index (χ0) is 18.2. The number of morpholine rings is 1. The van der Waals surface area contributed by atoms with Crippen molar-refractivity contribution >= 4 is 23.3 Å². The molecule has 27 heavy (non-hydrogen) atoms. The van der Waals surface area contributed by atoms with Crippen molar-refractivity contribution in [3.8, 4) is 5.88 Å². The molecule has 1 aliphatic rings. The van der Waals surface area contributed by atoms with Crippen LogP contribution in [0.5, 0.6) is 5.88 Å². The molecule has 3 rings (SSSR count). The van der Waals surface area contributed by atoms with E-state index >= 15 is 0 Å². The van der Waals surface area contributed by atoms with Crippen molar-refractivity contribution in [1.82, 2.24) is 9.97 Å². The van der Waals surface area contributed by atoms with Gasteiger partial charge in [0.2, 0.25) is 5.95 Å². The SMILES string of the molecule is CC.O=C([O-])c1cnc(Nc2ccc(N3CCOCC3)cc2)nc1[O-].[Na+].[Na+]. The number of carboxylic acid groups (broad SMARTS) is 1. The Hall–Kier alpha value is -0.870. The van der Waals surface area contributed by atoms with E-state index in [-0.39, 0.29) is 65.1 Å². The van der Waals surface area contributed by atoms with Gasteiger partial charge in [0.1, 0.15) is 0 Å². The molecular formula is C17H20N4Na2O4. The third kappa shape index (κ3) is 7.57. The standard InChI is InChI=1S/C15H16N4O4.C2H6.2Na/c20-13-12(14(21)22)9-16-15(18-13)17-10-1-3-11(4-2-10)19-5-7-23-8-6-19;1-2;;/h1-4,9H,5-8H2,(H,21,22)(H2,16,17,18,20);1-2H3;;/q;;2*+1/p-2. The molecule has 0 amide bonds. The van der Waals surface area contributed by atoms with E-state index in [2.05, 4.69) is 20.2 Å². The van der Waals surface area contributed by atoms with E-state index < -0.39 is 17.4 Å². The van der Waals surface area contributed by atoms with Crippen LogP contribution in [-0.4, -0.2) is 42.2 Å². The molecule has 1 fully saturated rings. The summed E-state index contributed by atoms with van der Waals surface area (Å²) >= 11 is 0. The number of aromatic nitrogens is 2. The van der Waals surface area contributed by atoms with Gasteiger partial charge in [0, 0.05) is 42.1 Å². The van der Waals surface area contributed by atoms with Crippen LogP contribution in [0.1, 0.15) is 24.2 Å². The van der Waals surface area contributed by atoms with E-state index in [1.54, 1.807) is 0 Å². The van der Waals surface area contributed by atoms with Crippen molar-refractivity contribution in [2.75, 3.05) is 36.5 Å². The fraction of sp³-hybridized carbons (Fsp3) is 0.353. The molecule has 0 unspecified atom stereocenters. The number of hydrogen-bond acceptors (Lipinski definition) is 8. The molecule has 8 nitrogen and oxygen atoms in total. The summed E-state index contributed by atoms with van der Waals surface area (Å²) in [6, 6.07) is 7.57. The average Bonchev–Trinajstić information content (AvgIpc) is 2.64. The van der Waals surface area contributed by atoms with E-state index in [0.717, 1.165) is 25.0 Å². The second-order valence-corrected chi connectivity index (χ2v) is 4.97. The van der Waals surface area contributed by atoms with Gasteiger partial charge in [-0.3, -0.25) is 0 Å². The number of anilines is 3. The summed E-state index contributed by atoms with van der Waals surface area (Å²) < 4.78 is 5.32. The van der Waals surface area contributed by atoms with Gasteiger partial charge in [0.25, 0.3) is 0 Å². The first-order valence-corrected chi connectivity index (χ1v) is 8.08. The summed E-state index contributed by atoms with van der Waals surface area (Å²) in [6.07, 6.45) is 0.940. The predicted octanol–water partition coefficient (Wildman–Crippen LogP) is -5.47. The zero-order valence-electron chi connectivity index (χ0n) is 16.2. The summed E-state index contributed by atoms with van der Waals surface area (Å²) in [5, 5.41) is 25.0. The van der Waals surface area contributed by atoms with Gasteiger partial charge in [0.15, 0.2) is 0 Å². The molecule has 2 heterocycles. The first kappa shape index (κ1) is 26.1. The van der Waals surface area contributed by atoms with Gasteiger partial charge in [-0.25, -0.2) is 9.97 Å². The molecule has 2 aromatic rings. The fourth-order valence-electron chi connectivity index (χ4n) is 2.27. The second kappa shape index (κ2) is 13.3. The first-order valence-electron chi connectivity index (χ1n) is 8.08. The van der Waals surface area contributed by atoms with Gasteiger partial charge in [-0.2, -0.15) is 0 Å². The largest absolute Gasteiger partial charge is 1.00 e. The van der Waals surface area contributed by atoms with Gasteiger partial charge >= 0.3 is 59.1 Å². The smallest absolute Gasteiger partial charge is 0.858 e. The third-order valence-corrected chi connectivity index (χ3v) is 3.47. The van der Waals surface area contributed by atoms with Crippen molar-refractivity contribution in [2.24, 2.45) is 0 Å². The molecule has 1 aromatic heterocycles. The number of rotatable bonds is 4. The quantitative estimate of drug-likeness (QED) is 0.515. The van der Waals surface area contributed by atoms with Crippen molar-refractivity contribution in [2.45, 2.75) is 13.8 Å². The molecule has 1 aliphatic heterocycles. The van der Waals surface area contributed by atoms with Gasteiger partial charge in [-0.15, -0.1) is 0 Å². The minimum absolute atomic E-state index is 0. The summed E-state index contributed by atoms with van der Waals surface area (Å²) in [5.74, 6) is -2.43. The van der Waals surface area contributed by atoms with Crippen LogP contribution in [0.25, 0.3) is 0 Å². The van der Waals surface area contributed by atoms with Crippen molar-refractivity contribution in [3.05, 3.63) is 36.0 Å². The summed E-state index contributed by atoms with van der Waals surface area (Å²) in [6.45, 7) is 7.12. The first-order chi connectivity index (χ1) is 12.1. The maximum atomic E-state index is 11.5. The van der Waals surface area contributed by atoms with Crippen LogP contribution in [0.15, 0.2) is 30.5 Å². The van der Waals surface area contributed by atoms with Gasteiger partial charge in [-0.05, 0) is 24.3 Å². The number of benzene rings is 1. The van der Waals surface area contributed by atoms with E-state index in [0.29, 0.717) is 18.9 Å². The Labute approximate surface area is 202 Å².